The van der Waals surface area contributed by atoms with E-state index in [9.17, 15) is 18.0 Å². The van der Waals surface area contributed by atoms with E-state index in [1.165, 1.54) is 0 Å². The zero-order valence-corrected chi connectivity index (χ0v) is 11.1. The van der Waals surface area contributed by atoms with Crippen molar-refractivity contribution in [1.29, 1.82) is 0 Å². The minimum absolute atomic E-state index is 0.0563. The second kappa shape index (κ2) is 5.12. The molecule has 2 heterocycles. The highest BCUT2D eigenvalue weighted by Gasteiger charge is 2.66. The summed E-state index contributed by atoms with van der Waals surface area (Å²) in [6.07, 6.45) is -2.88. The molecule has 0 aromatic carbocycles. The lowest BCUT2D eigenvalue weighted by Gasteiger charge is -2.32. The third-order valence-corrected chi connectivity index (χ3v) is 4.10. The molecule has 0 spiro atoms. The van der Waals surface area contributed by atoms with Crippen LogP contribution in [0.25, 0.3) is 0 Å². The molecule has 1 fully saturated rings. The fourth-order valence-electron chi connectivity index (χ4n) is 2.91. The molecule has 2 rings (SSSR count). The lowest BCUT2D eigenvalue weighted by Crippen LogP contribution is -2.51. The molecule has 0 radical (unpaired) electrons. The van der Waals surface area contributed by atoms with Gasteiger partial charge >= 0.3 is 12.1 Å². The predicted molar refractivity (Wildman–Crippen MR) is 66.3 cm³/mol. The number of nitrogens with one attached hydrogen (secondary N) is 1. The van der Waals surface area contributed by atoms with Crippen LogP contribution in [-0.2, 0) is 17.8 Å². The molecule has 0 unspecified atom stereocenters. The van der Waals surface area contributed by atoms with Gasteiger partial charge in [-0.05, 0) is 32.0 Å². The Morgan fingerprint density at radius 3 is 2.85 bits per heavy atom. The smallest absolute Gasteiger partial charge is 0.406 e. The maximum atomic E-state index is 13.3. The Bertz CT molecular complexity index is 498. The number of rotatable bonds is 4. The van der Waals surface area contributed by atoms with Crippen LogP contribution in [0.5, 0.6) is 0 Å². The van der Waals surface area contributed by atoms with Gasteiger partial charge < -0.3 is 15.0 Å². The van der Waals surface area contributed by atoms with E-state index in [4.69, 9.17) is 5.11 Å². The van der Waals surface area contributed by atoms with Crippen molar-refractivity contribution >= 4 is 5.97 Å². The molecule has 1 aromatic heterocycles. The standard InChI is InChI=1S/C13H17F3N2O2/c1-2-18-5-3-4-10(18)6-9-7-17-8-12(9,11(19)20)13(14,15)16/h3-5,9,17H,2,6-8H2,1H3,(H,19,20)/t9-,12+/m0/s1. The Morgan fingerprint density at radius 2 is 2.30 bits per heavy atom. The number of aromatic nitrogens is 1. The van der Waals surface area contributed by atoms with Crippen LogP contribution in [0, 0.1) is 11.3 Å². The molecule has 1 saturated heterocycles. The van der Waals surface area contributed by atoms with Crippen molar-refractivity contribution < 1.29 is 23.1 Å². The van der Waals surface area contributed by atoms with Crippen molar-refractivity contribution in [3.05, 3.63) is 24.0 Å². The van der Waals surface area contributed by atoms with Gasteiger partial charge in [0.25, 0.3) is 0 Å². The summed E-state index contributed by atoms with van der Waals surface area (Å²) < 4.78 is 41.7. The first-order chi connectivity index (χ1) is 9.33. The van der Waals surface area contributed by atoms with Gasteiger partial charge in [-0.1, -0.05) is 0 Å². The number of hydrogen-bond acceptors (Lipinski definition) is 2. The minimum Gasteiger partial charge on any atom is -0.481 e. The van der Waals surface area contributed by atoms with Crippen LogP contribution in [-0.4, -0.2) is 34.9 Å². The summed E-state index contributed by atoms with van der Waals surface area (Å²) >= 11 is 0. The molecule has 2 atom stereocenters. The van der Waals surface area contributed by atoms with Gasteiger partial charge in [0.2, 0.25) is 0 Å². The fraction of sp³-hybridized carbons (Fsp3) is 0.615. The third kappa shape index (κ3) is 2.19. The van der Waals surface area contributed by atoms with Crippen molar-refractivity contribution in [2.75, 3.05) is 13.1 Å². The summed E-state index contributed by atoms with van der Waals surface area (Å²) in [5.41, 5.74) is -1.97. The zero-order valence-electron chi connectivity index (χ0n) is 11.1. The lowest BCUT2D eigenvalue weighted by molar-refractivity contribution is -0.236. The summed E-state index contributed by atoms with van der Waals surface area (Å²) in [5, 5.41) is 11.7. The van der Waals surface area contributed by atoms with Gasteiger partial charge in [-0.15, -0.1) is 0 Å². The number of aryl methyl sites for hydroxylation is 1. The van der Waals surface area contributed by atoms with Crippen LogP contribution < -0.4 is 5.32 Å². The Hall–Kier alpha value is -1.50. The van der Waals surface area contributed by atoms with Crippen molar-refractivity contribution in [2.45, 2.75) is 26.1 Å². The first-order valence-electron chi connectivity index (χ1n) is 6.47. The Labute approximate surface area is 114 Å². The van der Waals surface area contributed by atoms with Crippen LogP contribution in [0.15, 0.2) is 18.3 Å². The van der Waals surface area contributed by atoms with Gasteiger partial charge in [0, 0.05) is 30.9 Å². The van der Waals surface area contributed by atoms with E-state index in [1.807, 2.05) is 11.5 Å². The number of carbonyl (C=O) groups is 1. The van der Waals surface area contributed by atoms with E-state index < -0.39 is 30.0 Å². The average molecular weight is 290 g/mol. The fourth-order valence-corrected chi connectivity index (χ4v) is 2.91. The molecular formula is C13H17F3N2O2. The largest absolute Gasteiger partial charge is 0.481 e. The predicted octanol–water partition coefficient (Wildman–Crippen LogP) is 1.90. The van der Waals surface area contributed by atoms with Gasteiger partial charge in [0.15, 0.2) is 5.41 Å². The highest BCUT2D eigenvalue weighted by atomic mass is 19.4. The summed E-state index contributed by atoms with van der Waals surface area (Å²) in [4.78, 5) is 11.3. The topological polar surface area (TPSA) is 54.3 Å². The lowest BCUT2D eigenvalue weighted by atomic mass is 9.75. The van der Waals surface area contributed by atoms with E-state index in [2.05, 4.69) is 5.32 Å². The van der Waals surface area contributed by atoms with Crippen molar-refractivity contribution in [3.63, 3.8) is 0 Å². The molecule has 112 valence electrons. The van der Waals surface area contributed by atoms with Gasteiger partial charge in [0.1, 0.15) is 0 Å². The summed E-state index contributed by atoms with van der Waals surface area (Å²) in [6, 6.07) is 3.50. The van der Waals surface area contributed by atoms with Gasteiger partial charge in [-0.25, -0.2) is 0 Å². The third-order valence-electron chi connectivity index (χ3n) is 4.10. The minimum atomic E-state index is -4.77. The van der Waals surface area contributed by atoms with Crippen LogP contribution in [0.3, 0.4) is 0 Å². The van der Waals surface area contributed by atoms with Gasteiger partial charge in [0.05, 0.1) is 0 Å². The van der Waals surface area contributed by atoms with Crippen molar-refractivity contribution in [1.82, 2.24) is 9.88 Å². The maximum absolute atomic E-state index is 13.3. The number of alkyl halides is 3. The monoisotopic (exact) mass is 290 g/mol. The maximum Gasteiger partial charge on any atom is 0.406 e. The van der Waals surface area contributed by atoms with Crippen LogP contribution in [0.4, 0.5) is 13.2 Å². The molecule has 0 amide bonds. The molecule has 0 aliphatic carbocycles. The Kier molecular flexibility index (Phi) is 3.82. The summed E-state index contributed by atoms with van der Waals surface area (Å²) in [5.74, 6) is -2.80. The second-order valence-electron chi connectivity index (χ2n) is 5.09. The number of carboxylic acids is 1. The average Bonchev–Trinajstić information content (AvgIpc) is 2.95. The van der Waals surface area contributed by atoms with Gasteiger partial charge in [-0.3, -0.25) is 4.79 Å². The summed E-state index contributed by atoms with van der Waals surface area (Å²) in [7, 11) is 0. The molecule has 2 N–H and O–H groups in total. The van der Waals surface area contributed by atoms with Crippen LogP contribution in [0.2, 0.25) is 0 Å². The molecule has 20 heavy (non-hydrogen) atoms. The van der Waals surface area contributed by atoms with Crippen LogP contribution >= 0.6 is 0 Å². The molecule has 1 aliphatic rings. The molecule has 7 heteroatoms. The summed E-state index contributed by atoms with van der Waals surface area (Å²) in [6.45, 7) is 2.03. The van der Waals surface area contributed by atoms with Crippen LogP contribution in [0.1, 0.15) is 12.6 Å². The van der Waals surface area contributed by atoms with Gasteiger partial charge in [-0.2, -0.15) is 13.2 Å². The van der Waals surface area contributed by atoms with E-state index in [0.717, 1.165) is 5.69 Å². The Balaban J connectivity index is 2.33. The number of nitrogens with zero attached hydrogens (tertiary/aromatic N) is 1. The number of hydrogen-bond donors (Lipinski definition) is 2. The van der Waals surface area contributed by atoms with E-state index in [-0.39, 0.29) is 13.0 Å². The highest BCUT2D eigenvalue weighted by molar-refractivity contribution is 5.77. The number of halogens is 3. The normalized spacial score (nSPS) is 26.9. The number of aliphatic carboxylic acids is 1. The molecule has 0 saturated carbocycles. The van der Waals surface area contributed by atoms with Crippen molar-refractivity contribution in [3.8, 4) is 0 Å². The zero-order chi connectivity index (χ0) is 15.0. The number of carboxylic acid groups (broad SMARTS) is 1. The first-order valence-corrected chi connectivity index (χ1v) is 6.47. The highest BCUT2D eigenvalue weighted by Crippen LogP contribution is 2.47. The molecule has 1 aromatic rings. The van der Waals surface area contributed by atoms with E-state index in [0.29, 0.717) is 6.54 Å². The first kappa shape index (κ1) is 14.9. The molecule has 0 bridgehead atoms. The molecular weight excluding hydrogens is 273 g/mol. The second-order valence-corrected chi connectivity index (χ2v) is 5.09. The molecule has 1 aliphatic heterocycles. The van der Waals surface area contributed by atoms with Crippen molar-refractivity contribution in [2.24, 2.45) is 11.3 Å². The van der Waals surface area contributed by atoms with E-state index in [1.54, 1.807) is 18.3 Å². The quantitative estimate of drug-likeness (QED) is 0.890. The Morgan fingerprint density at radius 1 is 1.60 bits per heavy atom. The SMILES string of the molecule is CCn1cccc1C[C@H]1CNC[C@@]1(C(=O)O)C(F)(F)F. The van der Waals surface area contributed by atoms with E-state index >= 15 is 0 Å². The molecule has 4 nitrogen and oxygen atoms in total.